The molecule has 2 aromatic heterocycles. The molecule has 6 heteroatoms. The van der Waals surface area contributed by atoms with Crippen LogP contribution in [-0.4, -0.2) is 15.2 Å². The summed E-state index contributed by atoms with van der Waals surface area (Å²) in [7, 11) is 0. The van der Waals surface area contributed by atoms with Gasteiger partial charge in [0.05, 0.1) is 22.9 Å². The van der Waals surface area contributed by atoms with Crippen molar-refractivity contribution in [2.24, 2.45) is 0 Å². The summed E-state index contributed by atoms with van der Waals surface area (Å²) in [5.74, 6) is 0.548. The number of hydrogen-bond donors (Lipinski definition) is 1. The van der Waals surface area contributed by atoms with E-state index >= 15 is 0 Å². The molecule has 2 heterocycles. The van der Waals surface area contributed by atoms with Crippen LogP contribution in [0, 0.1) is 11.3 Å². The lowest BCUT2D eigenvalue weighted by Crippen LogP contribution is -2.12. The maximum Gasteiger partial charge on any atom is 0.167 e. The number of aryl methyl sites for hydroxylation is 1. The molecule has 0 aliphatic heterocycles. The van der Waals surface area contributed by atoms with Crippen LogP contribution in [-0.2, 0) is 24.8 Å². The molecular weight excluding hydrogens is 306 g/mol. The summed E-state index contributed by atoms with van der Waals surface area (Å²) < 4.78 is 0. The number of aromatic nitrogens is 3. The van der Waals surface area contributed by atoms with Gasteiger partial charge in [-0.1, -0.05) is 34.6 Å². The van der Waals surface area contributed by atoms with Crippen molar-refractivity contribution in [2.75, 3.05) is 5.32 Å². The highest BCUT2D eigenvalue weighted by Gasteiger charge is 2.18. The molecule has 0 radical (unpaired) electrons. The molecule has 2 rings (SSSR count). The molecule has 0 saturated heterocycles. The highest BCUT2D eigenvalue weighted by Crippen LogP contribution is 2.26. The van der Waals surface area contributed by atoms with Crippen molar-refractivity contribution < 1.29 is 0 Å². The van der Waals surface area contributed by atoms with Crippen molar-refractivity contribution in [1.82, 2.24) is 15.2 Å². The third-order valence-corrected chi connectivity index (χ3v) is 4.91. The first kappa shape index (κ1) is 17.4. The molecular formula is C17H23N5S. The van der Waals surface area contributed by atoms with Crippen LogP contribution < -0.4 is 5.32 Å². The largest absolute Gasteiger partial charge is 0.362 e. The van der Waals surface area contributed by atoms with Gasteiger partial charge in [-0.05, 0) is 18.4 Å². The van der Waals surface area contributed by atoms with Crippen molar-refractivity contribution in [1.29, 1.82) is 5.26 Å². The van der Waals surface area contributed by atoms with Crippen LogP contribution in [0.4, 0.5) is 5.82 Å². The summed E-state index contributed by atoms with van der Waals surface area (Å²) in [6, 6.07) is 2.27. The number of nitriles is 1. The Hall–Kier alpha value is -2.00. The van der Waals surface area contributed by atoms with Gasteiger partial charge in [-0.2, -0.15) is 10.4 Å². The first-order chi connectivity index (χ1) is 10.9. The summed E-state index contributed by atoms with van der Waals surface area (Å²) in [6.45, 7) is 11.1. The number of hydrogen-bond acceptors (Lipinski definition) is 6. The van der Waals surface area contributed by atoms with Gasteiger partial charge in [0.25, 0.3) is 0 Å². The van der Waals surface area contributed by atoms with Crippen LogP contribution in [0.5, 0.6) is 0 Å². The zero-order valence-corrected chi connectivity index (χ0v) is 15.2. The summed E-state index contributed by atoms with van der Waals surface area (Å²) in [5, 5.41) is 24.3. The van der Waals surface area contributed by atoms with Gasteiger partial charge in [-0.15, -0.1) is 16.4 Å². The molecule has 1 N–H and O–H groups in total. The van der Waals surface area contributed by atoms with E-state index in [0.29, 0.717) is 17.9 Å². The standard InChI is InChI=1S/C17H23N5S/c1-6-12-13(8-18)15(22-21-14(12)7-2)19-9-11-10-23-16(20-11)17(3,4)5/h10H,6-7,9H2,1-5H3,(H,19,22). The molecule has 122 valence electrons. The molecule has 0 amide bonds. The van der Waals surface area contributed by atoms with E-state index in [0.717, 1.165) is 34.8 Å². The van der Waals surface area contributed by atoms with E-state index in [4.69, 9.17) is 0 Å². The van der Waals surface area contributed by atoms with Gasteiger partial charge in [-0.25, -0.2) is 4.98 Å². The van der Waals surface area contributed by atoms with Crippen LogP contribution >= 0.6 is 11.3 Å². The molecule has 23 heavy (non-hydrogen) atoms. The van der Waals surface area contributed by atoms with Gasteiger partial charge in [0.2, 0.25) is 0 Å². The van der Waals surface area contributed by atoms with Gasteiger partial charge in [0.15, 0.2) is 5.82 Å². The summed E-state index contributed by atoms with van der Waals surface area (Å²) >= 11 is 1.66. The van der Waals surface area contributed by atoms with Gasteiger partial charge >= 0.3 is 0 Å². The van der Waals surface area contributed by atoms with Crippen molar-refractivity contribution in [3.05, 3.63) is 32.9 Å². The van der Waals surface area contributed by atoms with Crippen LogP contribution in [0.1, 0.15) is 62.1 Å². The smallest absolute Gasteiger partial charge is 0.167 e. The molecule has 0 bridgehead atoms. The SMILES string of the molecule is CCc1nnc(NCc2csc(C(C)(C)C)n2)c(C#N)c1CC. The predicted octanol–water partition coefficient (Wildman–Crippen LogP) is 3.84. The molecule has 0 saturated carbocycles. The summed E-state index contributed by atoms with van der Waals surface area (Å²) in [5.41, 5.74) is 3.51. The van der Waals surface area contributed by atoms with Gasteiger partial charge in [0, 0.05) is 10.8 Å². The minimum atomic E-state index is 0.0543. The van der Waals surface area contributed by atoms with Gasteiger partial charge < -0.3 is 5.32 Å². The van der Waals surface area contributed by atoms with Crippen LogP contribution in [0.3, 0.4) is 0 Å². The fourth-order valence-electron chi connectivity index (χ4n) is 2.32. The fourth-order valence-corrected chi connectivity index (χ4v) is 3.23. The predicted molar refractivity (Wildman–Crippen MR) is 93.6 cm³/mol. The van der Waals surface area contributed by atoms with E-state index in [1.165, 1.54) is 0 Å². The van der Waals surface area contributed by atoms with Crippen molar-refractivity contribution in [3.63, 3.8) is 0 Å². The molecule has 0 unspecified atom stereocenters. The molecule has 2 aromatic rings. The highest BCUT2D eigenvalue weighted by atomic mass is 32.1. The number of rotatable bonds is 5. The molecule has 0 aliphatic carbocycles. The average Bonchev–Trinajstić information content (AvgIpc) is 3.00. The molecule has 5 nitrogen and oxygen atoms in total. The Morgan fingerprint density at radius 3 is 2.48 bits per heavy atom. The van der Waals surface area contributed by atoms with Crippen LogP contribution in [0.15, 0.2) is 5.38 Å². The number of nitrogens with zero attached hydrogens (tertiary/aromatic N) is 4. The number of anilines is 1. The maximum atomic E-state index is 9.49. The second kappa shape index (κ2) is 7.05. The minimum Gasteiger partial charge on any atom is -0.362 e. The second-order valence-corrected chi connectivity index (χ2v) is 7.27. The number of nitrogens with one attached hydrogen (secondary N) is 1. The van der Waals surface area contributed by atoms with Crippen molar-refractivity contribution in [3.8, 4) is 6.07 Å². The van der Waals surface area contributed by atoms with Crippen LogP contribution in [0.25, 0.3) is 0 Å². The first-order valence-electron chi connectivity index (χ1n) is 7.87. The van der Waals surface area contributed by atoms with Gasteiger partial charge in [0.1, 0.15) is 11.6 Å². The van der Waals surface area contributed by atoms with Crippen molar-refractivity contribution >= 4 is 17.2 Å². The second-order valence-electron chi connectivity index (χ2n) is 6.42. The van der Waals surface area contributed by atoms with E-state index in [2.05, 4.69) is 47.3 Å². The lowest BCUT2D eigenvalue weighted by atomic mass is 9.98. The van der Waals surface area contributed by atoms with E-state index in [1.54, 1.807) is 11.3 Å². The summed E-state index contributed by atoms with van der Waals surface area (Å²) in [4.78, 5) is 4.65. The Morgan fingerprint density at radius 1 is 1.22 bits per heavy atom. The van der Waals surface area contributed by atoms with Crippen molar-refractivity contribution in [2.45, 2.75) is 59.4 Å². The minimum absolute atomic E-state index is 0.0543. The van der Waals surface area contributed by atoms with E-state index in [1.807, 2.05) is 19.2 Å². The molecule has 0 spiro atoms. The lowest BCUT2D eigenvalue weighted by molar-refractivity contribution is 0.583. The Kier molecular flexibility index (Phi) is 5.32. The van der Waals surface area contributed by atoms with E-state index in [-0.39, 0.29) is 5.41 Å². The van der Waals surface area contributed by atoms with Crippen LogP contribution in [0.2, 0.25) is 0 Å². The molecule has 0 aliphatic rings. The number of thiazole rings is 1. The normalized spacial score (nSPS) is 11.3. The Morgan fingerprint density at radius 2 is 1.96 bits per heavy atom. The molecule has 0 atom stereocenters. The zero-order chi connectivity index (χ0) is 17.0. The zero-order valence-electron chi connectivity index (χ0n) is 14.4. The lowest BCUT2D eigenvalue weighted by Gasteiger charge is -2.14. The van der Waals surface area contributed by atoms with E-state index in [9.17, 15) is 5.26 Å². The Labute approximate surface area is 141 Å². The monoisotopic (exact) mass is 329 g/mol. The topological polar surface area (TPSA) is 74.5 Å². The summed E-state index contributed by atoms with van der Waals surface area (Å²) in [6.07, 6.45) is 1.56. The molecule has 0 aromatic carbocycles. The fraction of sp³-hybridized carbons (Fsp3) is 0.529. The highest BCUT2D eigenvalue weighted by molar-refractivity contribution is 7.09. The quantitative estimate of drug-likeness (QED) is 0.902. The first-order valence-corrected chi connectivity index (χ1v) is 8.75. The Bertz CT molecular complexity index is 722. The van der Waals surface area contributed by atoms with Gasteiger partial charge in [-0.3, -0.25) is 0 Å². The Balaban J connectivity index is 2.21. The average molecular weight is 329 g/mol. The maximum absolute atomic E-state index is 9.49. The van der Waals surface area contributed by atoms with E-state index < -0.39 is 0 Å². The third kappa shape index (κ3) is 3.85. The molecule has 0 fully saturated rings. The third-order valence-electron chi connectivity index (χ3n) is 3.59.